The van der Waals surface area contributed by atoms with Gasteiger partial charge in [0.05, 0.1) is 6.10 Å². The number of unbranched alkanes of at least 4 members (excludes halogenated alkanes) is 5. The number of benzene rings is 1. The highest BCUT2D eigenvalue weighted by molar-refractivity contribution is 5.30. The number of ether oxygens (including phenoxy) is 1. The van der Waals surface area contributed by atoms with Crippen LogP contribution in [0, 0.1) is 0 Å². The van der Waals surface area contributed by atoms with Gasteiger partial charge in [0, 0.05) is 6.04 Å². The maximum Gasteiger partial charge on any atom is 0.120 e. The van der Waals surface area contributed by atoms with Gasteiger partial charge in [0.1, 0.15) is 5.75 Å². The fourth-order valence-corrected chi connectivity index (χ4v) is 2.55. The lowest BCUT2D eigenvalue weighted by Crippen LogP contribution is -2.28. The molecule has 1 rings (SSSR count). The Morgan fingerprint density at radius 2 is 1.81 bits per heavy atom. The molecule has 3 heteroatoms. The topological polar surface area (TPSA) is 47.3 Å². The Morgan fingerprint density at radius 1 is 1.10 bits per heavy atom. The van der Waals surface area contributed by atoms with Crippen LogP contribution in [-0.2, 0) is 0 Å². The molecule has 0 saturated carbocycles. The van der Waals surface area contributed by atoms with E-state index in [2.05, 4.69) is 24.5 Å². The van der Waals surface area contributed by atoms with Crippen LogP contribution in [-0.4, -0.2) is 6.10 Å². The van der Waals surface area contributed by atoms with E-state index in [0.29, 0.717) is 0 Å². The van der Waals surface area contributed by atoms with E-state index in [1.54, 1.807) is 0 Å². The van der Waals surface area contributed by atoms with Crippen LogP contribution < -0.4 is 16.0 Å². The Hall–Kier alpha value is -1.06. The number of nitrogens with one attached hydrogen (secondary N) is 1. The minimum absolute atomic E-state index is 0.197. The molecule has 0 aromatic heterocycles. The molecule has 0 spiro atoms. The van der Waals surface area contributed by atoms with Crippen molar-refractivity contribution in [3.05, 3.63) is 29.8 Å². The van der Waals surface area contributed by atoms with Crippen molar-refractivity contribution in [1.82, 2.24) is 5.43 Å². The van der Waals surface area contributed by atoms with Gasteiger partial charge < -0.3 is 4.74 Å². The summed E-state index contributed by atoms with van der Waals surface area (Å²) in [5.41, 5.74) is 4.16. The summed E-state index contributed by atoms with van der Waals surface area (Å²) in [5, 5.41) is 0. The number of hydrazine groups is 1. The van der Waals surface area contributed by atoms with Crippen molar-refractivity contribution in [1.29, 1.82) is 0 Å². The van der Waals surface area contributed by atoms with E-state index in [4.69, 9.17) is 10.6 Å². The Balaban J connectivity index is 2.44. The largest absolute Gasteiger partial charge is 0.491 e. The van der Waals surface area contributed by atoms with Gasteiger partial charge >= 0.3 is 0 Å². The molecule has 0 heterocycles. The Kier molecular flexibility index (Phi) is 9.11. The third kappa shape index (κ3) is 7.49. The molecule has 120 valence electrons. The smallest absolute Gasteiger partial charge is 0.120 e. The second-order valence-electron chi connectivity index (χ2n) is 6.01. The second-order valence-corrected chi connectivity index (χ2v) is 6.01. The zero-order chi connectivity index (χ0) is 15.5. The average molecular weight is 292 g/mol. The predicted molar refractivity (Wildman–Crippen MR) is 90.3 cm³/mol. The zero-order valence-corrected chi connectivity index (χ0v) is 13.9. The van der Waals surface area contributed by atoms with Gasteiger partial charge in [0.25, 0.3) is 0 Å². The van der Waals surface area contributed by atoms with Crippen molar-refractivity contribution in [3.8, 4) is 5.75 Å². The molecule has 1 unspecified atom stereocenters. The van der Waals surface area contributed by atoms with Crippen LogP contribution in [0.2, 0.25) is 0 Å². The van der Waals surface area contributed by atoms with Crippen LogP contribution in [0.4, 0.5) is 0 Å². The molecule has 0 aliphatic rings. The van der Waals surface area contributed by atoms with E-state index in [1.165, 1.54) is 44.1 Å². The monoisotopic (exact) mass is 292 g/mol. The number of rotatable bonds is 11. The highest BCUT2D eigenvalue weighted by Crippen LogP contribution is 2.24. The second kappa shape index (κ2) is 10.6. The first-order valence-corrected chi connectivity index (χ1v) is 8.40. The molecule has 1 aromatic carbocycles. The fourth-order valence-electron chi connectivity index (χ4n) is 2.55. The fraction of sp³-hybridized carbons (Fsp3) is 0.667. The lowest BCUT2D eigenvalue weighted by Gasteiger charge is -2.18. The summed E-state index contributed by atoms with van der Waals surface area (Å²) in [6.07, 6.45) is 9.13. The van der Waals surface area contributed by atoms with Crippen molar-refractivity contribution < 1.29 is 4.74 Å². The standard InChI is InChI=1S/C18H32N2O/c1-4-5-6-7-8-9-13-18(20-19)16-11-10-12-17(14-16)21-15(2)3/h10-12,14-15,18,20H,4-9,13,19H2,1-3H3. The van der Waals surface area contributed by atoms with E-state index >= 15 is 0 Å². The average Bonchev–Trinajstić information content (AvgIpc) is 2.46. The summed E-state index contributed by atoms with van der Waals surface area (Å²) in [6, 6.07) is 8.48. The highest BCUT2D eigenvalue weighted by Gasteiger charge is 2.10. The summed E-state index contributed by atoms with van der Waals surface area (Å²) in [5.74, 6) is 6.65. The molecule has 1 atom stereocenters. The van der Waals surface area contributed by atoms with Gasteiger partial charge in [0.2, 0.25) is 0 Å². The van der Waals surface area contributed by atoms with Gasteiger partial charge in [-0.05, 0) is 38.0 Å². The van der Waals surface area contributed by atoms with Crippen LogP contribution >= 0.6 is 0 Å². The van der Waals surface area contributed by atoms with Crippen molar-refractivity contribution in [2.45, 2.75) is 77.9 Å². The first-order chi connectivity index (χ1) is 10.2. The van der Waals surface area contributed by atoms with Gasteiger partial charge in [-0.1, -0.05) is 57.6 Å². The molecule has 3 N–H and O–H groups in total. The van der Waals surface area contributed by atoms with Crippen molar-refractivity contribution >= 4 is 0 Å². The maximum absolute atomic E-state index is 5.75. The molecule has 0 amide bonds. The van der Waals surface area contributed by atoms with Crippen LogP contribution in [0.25, 0.3) is 0 Å². The Morgan fingerprint density at radius 3 is 2.48 bits per heavy atom. The van der Waals surface area contributed by atoms with Crippen LogP contribution in [0.5, 0.6) is 5.75 Å². The van der Waals surface area contributed by atoms with Crippen molar-refractivity contribution in [2.75, 3.05) is 0 Å². The third-order valence-corrected chi connectivity index (χ3v) is 3.68. The molecule has 3 nitrogen and oxygen atoms in total. The minimum Gasteiger partial charge on any atom is -0.491 e. The molecule has 0 aliphatic carbocycles. The molecular weight excluding hydrogens is 260 g/mol. The lowest BCUT2D eigenvalue weighted by molar-refractivity contribution is 0.242. The zero-order valence-electron chi connectivity index (χ0n) is 13.9. The number of nitrogens with two attached hydrogens (primary N) is 1. The maximum atomic E-state index is 5.75. The molecule has 0 fully saturated rings. The van der Waals surface area contributed by atoms with Crippen LogP contribution in [0.3, 0.4) is 0 Å². The van der Waals surface area contributed by atoms with E-state index in [1.807, 2.05) is 26.0 Å². The highest BCUT2D eigenvalue weighted by atomic mass is 16.5. The molecule has 0 saturated heterocycles. The lowest BCUT2D eigenvalue weighted by atomic mass is 10.00. The Bertz CT molecular complexity index is 379. The van der Waals surface area contributed by atoms with Crippen LogP contribution in [0.1, 0.15) is 77.3 Å². The molecule has 1 aromatic rings. The van der Waals surface area contributed by atoms with Crippen molar-refractivity contribution in [3.63, 3.8) is 0 Å². The molecule has 0 bridgehead atoms. The van der Waals surface area contributed by atoms with Gasteiger partial charge in [-0.15, -0.1) is 0 Å². The van der Waals surface area contributed by atoms with Gasteiger partial charge in [-0.25, -0.2) is 0 Å². The van der Waals surface area contributed by atoms with Crippen molar-refractivity contribution in [2.24, 2.45) is 5.84 Å². The van der Waals surface area contributed by atoms with E-state index < -0.39 is 0 Å². The number of hydrogen-bond donors (Lipinski definition) is 2. The van der Waals surface area contributed by atoms with E-state index in [-0.39, 0.29) is 12.1 Å². The van der Waals surface area contributed by atoms with E-state index in [9.17, 15) is 0 Å². The van der Waals surface area contributed by atoms with Gasteiger partial charge in [-0.3, -0.25) is 11.3 Å². The summed E-state index contributed by atoms with van der Waals surface area (Å²) >= 11 is 0. The van der Waals surface area contributed by atoms with Crippen LogP contribution in [0.15, 0.2) is 24.3 Å². The SMILES string of the molecule is CCCCCCCCC(NN)c1cccc(OC(C)C)c1. The normalized spacial score (nSPS) is 12.6. The third-order valence-electron chi connectivity index (χ3n) is 3.68. The molecule has 0 radical (unpaired) electrons. The number of hydrogen-bond acceptors (Lipinski definition) is 3. The van der Waals surface area contributed by atoms with Gasteiger partial charge in [0.15, 0.2) is 0 Å². The predicted octanol–water partition coefficient (Wildman–Crippen LogP) is 4.73. The summed E-state index contributed by atoms with van der Waals surface area (Å²) < 4.78 is 5.75. The first-order valence-electron chi connectivity index (χ1n) is 8.40. The molecular formula is C18H32N2O. The molecule has 21 heavy (non-hydrogen) atoms. The minimum atomic E-state index is 0.197. The summed E-state index contributed by atoms with van der Waals surface area (Å²) in [7, 11) is 0. The summed E-state index contributed by atoms with van der Waals surface area (Å²) in [4.78, 5) is 0. The Labute approximate surface area is 130 Å². The van der Waals surface area contributed by atoms with Gasteiger partial charge in [-0.2, -0.15) is 0 Å². The van der Waals surface area contributed by atoms with E-state index in [0.717, 1.165) is 12.2 Å². The summed E-state index contributed by atoms with van der Waals surface area (Å²) in [6.45, 7) is 6.34. The molecule has 0 aliphatic heterocycles. The first kappa shape index (κ1) is 18.0. The quantitative estimate of drug-likeness (QED) is 0.352.